The van der Waals surface area contributed by atoms with Crippen LogP contribution in [0.15, 0.2) is 0 Å². The molecule has 1 unspecified atom stereocenters. The summed E-state index contributed by atoms with van der Waals surface area (Å²) < 4.78 is 46.0. The molecule has 1 atom stereocenters. The first-order chi connectivity index (χ1) is 7.81. The molecule has 0 aliphatic rings. The highest BCUT2D eigenvalue weighted by molar-refractivity contribution is 8.42. The molecule has 0 aromatic rings. The zero-order valence-electron chi connectivity index (χ0n) is 10.7. The summed E-state index contributed by atoms with van der Waals surface area (Å²) in [6.45, 7) is 6.64. The quantitative estimate of drug-likeness (QED) is 0.650. The van der Waals surface area contributed by atoms with Gasteiger partial charge in [-0.2, -0.15) is 0 Å². The van der Waals surface area contributed by atoms with Gasteiger partial charge in [0.1, 0.15) is 0 Å². The van der Waals surface area contributed by atoms with E-state index in [-0.39, 0.29) is 5.38 Å². The third-order valence-electron chi connectivity index (χ3n) is 1.84. The van der Waals surface area contributed by atoms with Gasteiger partial charge in [-0.15, -0.1) is 0 Å². The second-order valence-electron chi connectivity index (χ2n) is 3.15. The summed E-state index contributed by atoms with van der Waals surface area (Å²) in [4.78, 5) is 0. The van der Waals surface area contributed by atoms with E-state index < -0.39 is 27.3 Å². The Hall–Kier alpha value is 0.517. The first-order valence-corrected chi connectivity index (χ1v) is 11.1. The van der Waals surface area contributed by atoms with Gasteiger partial charge in [-0.3, -0.25) is 9.11 Å². The first-order valence-electron chi connectivity index (χ1n) is 5.35. The van der Waals surface area contributed by atoms with Crippen LogP contribution in [0.4, 0.5) is 0 Å². The van der Waals surface area contributed by atoms with Crippen molar-refractivity contribution in [3.63, 3.8) is 0 Å². The lowest BCUT2D eigenvalue weighted by atomic mass is 10.9. The molecular formula is C8H22O6S2Si. The summed E-state index contributed by atoms with van der Waals surface area (Å²) in [5.74, 6) is 0. The number of rotatable bonds is 8. The van der Waals surface area contributed by atoms with Crippen molar-refractivity contribution in [2.75, 3.05) is 31.5 Å². The molecule has 0 aliphatic carbocycles. The van der Waals surface area contributed by atoms with Gasteiger partial charge in [0.05, 0.1) is 5.38 Å². The SMILES string of the molecule is CCO[Si](CS(C)=S(=O)(O)O)(OCC)OCC. The van der Waals surface area contributed by atoms with Gasteiger partial charge < -0.3 is 13.3 Å². The Bertz CT molecular complexity index is 314. The molecule has 2 N–H and O–H groups in total. The Labute approximate surface area is 106 Å². The molecule has 0 bridgehead atoms. The Kier molecular flexibility index (Phi) is 8.08. The fraction of sp³-hybridized carbons (Fsp3) is 1.00. The maximum Gasteiger partial charge on any atom is 0.511 e. The Morgan fingerprint density at radius 2 is 1.41 bits per heavy atom. The minimum atomic E-state index is -3.82. The van der Waals surface area contributed by atoms with Gasteiger partial charge in [-0.05, 0) is 27.0 Å². The van der Waals surface area contributed by atoms with Crippen LogP contribution in [0, 0.1) is 0 Å². The van der Waals surface area contributed by atoms with Crippen LogP contribution >= 0.6 is 0 Å². The molecule has 0 heterocycles. The van der Waals surface area contributed by atoms with E-state index in [0.717, 1.165) is 0 Å². The van der Waals surface area contributed by atoms with E-state index in [2.05, 4.69) is 0 Å². The number of hydrogen-bond acceptors (Lipinski definition) is 4. The summed E-state index contributed by atoms with van der Waals surface area (Å²) in [5, 5.41) is 0.147. The van der Waals surface area contributed by atoms with Gasteiger partial charge in [0, 0.05) is 19.8 Å². The molecule has 0 saturated heterocycles. The summed E-state index contributed by atoms with van der Waals surface area (Å²) >= 11 is 0. The van der Waals surface area contributed by atoms with Crippen molar-refractivity contribution < 1.29 is 26.6 Å². The predicted molar refractivity (Wildman–Crippen MR) is 72.2 cm³/mol. The normalized spacial score (nSPS) is 14.9. The predicted octanol–water partition coefficient (Wildman–Crippen LogP) is 0.968. The topological polar surface area (TPSA) is 85.2 Å². The molecule has 0 aromatic carbocycles. The van der Waals surface area contributed by atoms with E-state index in [0.29, 0.717) is 19.8 Å². The van der Waals surface area contributed by atoms with E-state index in [9.17, 15) is 4.21 Å². The molecule has 0 saturated carbocycles. The zero-order chi connectivity index (χ0) is 13.5. The van der Waals surface area contributed by atoms with E-state index in [1.807, 2.05) is 20.8 Å². The zero-order valence-corrected chi connectivity index (χ0v) is 13.3. The van der Waals surface area contributed by atoms with Crippen molar-refractivity contribution in [1.82, 2.24) is 0 Å². The van der Waals surface area contributed by atoms with Crippen molar-refractivity contribution in [2.45, 2.75) is 20.8 Å². The molecular weight excluding hydrogens is 284 g/mol. The average Bonchev–Trinajstić information content (AvgIpc) is 2.17. The molecule has 17 heavy (non-hydrogen) atoms. The van der Waals surface area contributed by atoms with Crippen molar-refractivity contribution in [3.8, 4) is 0 Å². The smallest absolute Gasteiger partial charge is 0.373 e. The van der Waals surface area contributed by atoms with Crippen LogP contribution < -0.4 is 0 Å². The van der Waals surface area contributed by atoms with Crippen molar-refractivity contribution >= 4 is 27.3 Å². The summed E-state index contributed by atoms with van der Waals surface area (Å²) in [7, 11) is -7.91. The minimum absolute atomic E-state index is 0.147. The van der Waals surface area contributed by atoms with Gasteiger partial charge in [-0.25, -0.2) is 4.21 Å². The molecule has 0 fully saturated rings. The van der Waals surface area contributed by atoms with Crippen molar-refractivity contribution in [2.24, 2.45) is 0 Å². The maximum atomic E-state index is 11.2. The molecule has 0 spiro atoms. The Morgan fingerprint density at radius 1 is 1.06 bits per heavy atom. The van der Waals surface area contributed by atoms with E-state index in [1.165, 1.54) is 6.26 Å². The first kappa shape index (κ1) is 17.5. The highest BCUT2D eigenvalue weighted by atomic mass is 32.9. The molecule has 0 aliphatic heterocycles. The Balaban J connectivity index is 5.09. The van der Waals surface area contributed by atoms with Gasteiger partial charge in [0.25, 0.3) is 0 Å². The average molecular weight is 306 g/mol. The van der Waals surface area contributed by atoms with E-state index >= 15 is 0 Å². The fourth-order valence-corrected chi connectivity index (χ4v) is 9.09. The van der Waals surface area contributed by atoms with E-state index in [4.69, 9.17) is 22.4 Å². The summed E-state index contributed by atoms with van der Waals surface area (Å²) in [6.07, 6.45) is 1.50. The van der Waals surface area contributed by atoms with Crippen LogP contribution in [-0.2, 0) is 31.8 Å². The summed E-state index contributed by atoms with van der Waals surface area (Å²) in [5.41, 5.74) is 0. The number of hydrogen-bond donors (Lipinski definition) is 2. The van der Waals surface area contributed by atoms with E-state index in [1.54, 1.807) is 0 Å². The minimum Gasteiger partial charge on any atom is -0.373 e. The van der Waals surface area contributed by atoms with Crippen LogP contribution in [0.25, 0.3) is 0 Å². The van der Waals surface area contributed by atoms with Crippen molar-refractivity contribution in [1.29, 1.82) is 0 Å². The lowest BCUT2D eigenvalue weighted by Crippen LogP contribution is -2.51. The van der Waals surface area contributed by atoms with Gasteiger partial charge in [0.2, 0.25) is 9.05 Å². The van der Waals surface area contributed by atoms with Crippen molar-refractivity contribution in [3.05, 3.63) is 0 Å². The van der Waals surface area contributed by atoms with Gasteiger partial charge >= 0.3 is 8.80 Å². The van der Waals surface area contributed by atoms with Crippen LogP contribution in [0.3, 0.4) is 0 Å². The Morgan fingerprint density at radius 3 is 1.65 bits per heavy atom. The molecule has 0 aromatic heterocycles. The monoisotopic (exact) mass is 306 g/mol. The second-order valence-corrected chi connectivity index (χ2v) is 11.6. The molecule has 106 valence electrons. The third kappa shape index (κ3) is 6.29. The fourth-order valence-electron chi connectivity index (χ4n) is 1.24. The largest absolute Gasteiger partial charge is 0.511 e. The maximum absolute atomic E-state index is 11.2. The molecule has 0 radical (unpaired) electrons. The molecule has 0 rings (SSSR count). The lowest BCUT2D eigenvalue weighted by molar-refractivity contribution is 0.0772. The highest BCUT2D eigenvalue weighted by Gasteiger charge is 2.41. The standard InChI is InChI=1S/C8H22O6S2Si/c1-5-12-17(13-6-2,14-7-3)8-15(4)16(9,10)11/h5-8H2,1-4H3,(H2,9,10,11). The lowest BCUT2D eigenvalue weighted by Gasteiger charge is -2.28. The molecule has 6 nitrogen and oxygen atoms in total. The van der Waals surface area contributed by atoms with Crippen LogP contribution in [-0.4, -0.2) is 53.6 Å². The molecule has 9 heteroatoms. The third-order valence-corrected chi connectivity index (χ3v) is 11.1. The molecule has 0 amide bonds. The second kappa shape index (κ2) is 7.84. The van der Waals surface area contributed by atoms with Crippen LogP contribution in [0.2, 0.25) is 0 Å². The van der Waals surface area contributed by atoms with Crippen LogP contribution in [0.5, 0.6) is 0 Å². The summed E-state index contributed by atoms with van der Waals surface area (Å²) in [6, 6.07) is 0. The van der Waals surface area contributed by atoms with Gasteiger partial charge in [-0.1, -0.05) is 9.45 Å². The van der Waals surface area contributed by atoms with Gasteiger partial charge in [0.15, 0.2) is 0 Å². The van der Waals surface area contributed by atoms with Crippen LogP contribution in [0.1, 0.15) is 20.8 Å². The highest BCUT2D eigenvalue weighted by Crippen LogP contribution is 2.13.